The van der Waals surface area contributed by atoms with Gasteiger partial charge in [-0.05, 0) is 31.8 Å². The van der Waals surface area contributed by atoms with Crippen molar-refractivity contribution in [1.29, 1.82) is 0 Å². The lowest BCUT2D eigenvalue weighted by Gasteiger charge is -2.22. The Bertz CT molecular complexity index is 374. The maximum absolute atomic E-state index is 4.16. The van der Waals surface area contributed by atoms with Crippen LogP contribution in [0.3, 0.4) is 0 Å². The molecule has 2 saturated heterocycles. The number of nitrogens with one attached hydrogen (secondary N) is 1. The average Bonchev–Trinajstić information content (AvgIpc) is 2.90. The lowest BCUT2D eigenvalue weighted by atomic mass is 9.95. The van der Waals surface area contributed by atoms with Crippen LogP contribution in [0, 0.1) is 11.8 Å². The van der Waals surface area contributed by atoms with Crippen LogP contribution in [0.15, 0.2) is 6.20 Å². The number of fused-ring (bicyclic) bond motifs is 1. The van der Waals surface area contributed by atoms with Gasteiger partial charge in [0.05, 0.1) is 5.69 Å². The van der Waals surface area contributed by atoms with Gasteiger partial charge in [0.25, 0.3) is 0 Å². The molecule has 5 heteroatoms. The van der Waals surface area contributed by atoms with Gasteiger partial charge in [0, 0.05) is 32.4 Å². The molecule has 0 saturated carbocycles. The molecule has 5 nitrogen and oxygen atoms in total. The van der Waals surface area contributed by atoms with Crippen molar-refractivity contribution in [2.45, 2.75) is 19.5 Å². The maximum atomic E-state index is 4.16. The van der Waals surface area contributed by atoms with Gasteiger partial charge in [-0.15, -0.1) is 5.10 Å². The quantitative estimate of drug-likeness (QED) is 0.755. The van der Waals surface area contributed by atoms with Crippen molar-refractivity contribution < 1.29 is 0 Å². The Morgan fingerprint density at radius 2 is 2.38 bits per heavy atom. The highest BCUT2D eigenvalue weighted by atomic mass is 15.4. The predicted octanol–water partition coefficient (Wildman–Crippen LogP) is -0.145. The van der Waals surface area contributed by atoms with Gasteiger partial charge in [-0.2, -0.15) is 0 Å². The summed E-state index contributed by atoms with van der Waals surface area (Å²) >= 11 is 0. The molecule has 3 atom stereocenters. The van der Waals surface area contributed by atoms with Gasteiger partial charge in [-0.3, -0.25) is 9.58 Å². The molecule has 0 bridgehead atoms. The van der Waals surface area contributed by atoms with E-state index >= 15 is 0 Å². The Balaban J connectivity index is 1.68. The summed E-state index contributed by atoms with van der Waals surface area (Å²) in [6.45, 7) is 6.86. The molecule has 3 unspecified atom stereocenters. The first-order valence-electron chi connectivity index (χ1n) is 6.04. The first-order chi connectivity index (χ1) is 7.74. The zero-order valence-electron chi connectivity index (χ0n) is 9.93. The van der Waals surface area contributed by atoms with Crippen LogP contribution in [0.25, 0.3) is 0 Å². The van der Waals surface area contributed by atoms with Gasteiger partial charge in [-0.1, -0.05) is 5.21 Å². The van der Waals surface area contributed by atoms with Gasteiger partial charge in [0.15, 0.2) is 0 Å². The molecule has 0 aromatic carbocycles. The summed E-state index contributed by atoms with van der Waals surface area (Å²) in [5.41, 5.74) is 1.09. The molecule has 1 aromatic rings. The third-order valence-electron chi connectivity index (χ3n) is 4.07. The zero-order valence-corrected chi connectivity index (χ0v) is 9.93. The van der Waals surface area contributed by atoms with E-state index < -0.39 is 0 Å². The van der Waals surface area contributed by atoms with E-state index in [1.54, 1.807) is 4.68 Å². The number of hydrogen-bond acceptors (Lipinski definition) is 4. The second-order valence-corrected chi connectivity index (χ2v) is 5.14. The minimum atomic E-state index is 0.669. The second-order valence-electron chi connectivity index (χ2n) is 5.14. The predicted molar refractivity (Wildman–Crippen MR) is 60.7 cm³/mol. The third-order valence-corrected chi connectivity index (χ3v) is 4.07. The molecule has 16 heavy (non-hydrogen) atoms. The summed E-state index contributed by atoms with van der Waals surface area (Å²) in [6.07, 6.45) is 2.01. The van der Waals surface area contributed by atoms with Gasteiger partial charge >= 0.3 is 0 Å². The topological polar surface area (TPSA) is 46.0 Å². The highest BCUT2D eigenvalue weighted by Gasteiger charge is 2.41. The van der Waals surface area contributed by atoms with E-state index in [-0.39, 0.29) is 0 Å². The van der Waals surface area contributed by atoms with Crippen molar-refractivity contribution in [2.24, 2.45) is 18.9 Å². The highest BCUT2D eigenvalue weighted by molar-refractivity contribution is 5.00. The zero-order chi connectivity index (χ0) is 11.1. The van der Waals surface area contributed by atoms with Crippen LogP contribution in [0.2, 0.25) is 0 Å². The van der Waals surface area contributed by atoms with Gasteiger partial charge in [0.1, 0.15) is 0 Å². The maximum Gasteiger partial charge on any atom is 0.0967 e. The van der Waals surface area contributed by atoms with Crippen LogP contribution in [0.5, 0.6) is 0 Å². The van der Waals surface area contributed by atoms with Crippen molar-refractivity contribution in [3.63, 3.8) is 0 Å². The van der Waals surface area contributed by atoms with Crippen LogP contribution in [0.1, 0.15) is 12.6 Å². The molecule has 2 aliphatic rings. The fraction of sp³-hybridized carbons (Fsp3) is 0.818. The highest BCUT2D eigenvalue weighted by Crippen LogP contribution is 2.32. The van der Waals surface area contributed by atoms with Crippen LogP contribution in [-0.4, -0.2) is 45.6 Å². The number of aromatic nitrogens is 3. The summed E-state index contributed by atoms with van der Waals surface area (Å²) in [4.78, 5) is 2.54. The first kappa shape index (κ1) is 10.2. The van der Waals surface area contributed by atoms with Gasteiger partial charge in [0.2, 0.25) is 0 Å². The molecule has 0 radical (unpaired) electrons. The molecular formula is C11H19N5. The minimum absolute atomic E-state index is 0.669. The molecule has 1 N–H and O–H groups in total. The summed E-state index contributed by atoms with van der Waals surface area (Å²) in [5, 5.41) is 11.6. The van der Waals surface area contributed by atoms with Gasteiger partial charge < -0.3 is 5.32 Å². The Morgan fingerprint density at radius 1 is 1.50 bits per heavy atom. The minimum Gasteiger partial charge on any atom is -0.316 e. The van der Waals surface area contributed by atoms with Crippen molar-refractivity contribution in [3.05, 3.63) is 11.9 Å². The normalized spacial score (nSPS) is 34.5. The molecule has 0 spiro atoms. The summed E-state index contributed by atoms with van der Waals surface area (Å²) < 4.78 is 1.78. The SMILES string of the molecule is CC1C2CNCC2CN1Cc1cn(C)nn1. The second kappa shape index (κ2) is 3.82. The van der Waals surface area contributed by atoms with Crippen molar-refractivity contribution in [2.75, 3.05) is 19.6 Å². The van der Waals surface area contributed by atoms with E-state index in [4.69, 9.17) is 0 Å². The fourth-order valence-electron chi connectivity index (χ4n) is 3.14. The van der Waals surface area contributed by atoms with E-state index in [1.165, 1.54) is 19.6 Å². The molecule has 0 amide bonds. The van der Waals surface area contributed by atoms with E-state index in [0.29, 0.717) is 6.04 Å². The standard InChI is InChI=1S/C11H19N5/c1-8-11-4-12-3-9(11)5-16(8)7-10-6-15(2)14-13-10/h6,8-9,11-12H,3-5,7H2,1-2H3. The van der Waals surface area contributed by atoms with Crippen LogP contribution in [-0.2, 0) is 13.6 Å². The lowest BCUT2D eigenvalue weighted by molar-refractivity contribution is 0.229. The number of aryl methyl sites for hydroxylation is 1. The Morgan fingerprint density at radius 3 is 3.06 bits per heavy atom. The van der Waals surface area contributed by atoms with Crippen molar-refractivity contribution >= 4 is 0 Å². The average molecular weight is 221 g/mol. The number of likely N-dealkylation sites (tertiary alicyclic amines) is 1. The third kappa shape index (κ3) is 1.64. The molecule has 3 heterocycles. The van der Waals surface area contributed by atoms with E-state index in [2.05, 4.69) is 27.5 Å². The summed E-state index contributed by atoms with van der Waals surface area (Å²) in [7, 11) is 1.92. The smallest absolute Gasteiger partial charge is 0.0967 e. The van der Waals surface area contributed by atoms with Gasteiger partial charge in [-0.25, -0.2) is 0 Å². The largest absolute Gasteiger partial charge is 0.316 e. The fourth-order valence-corrected chi connectivity index (χ4v) is 3.14. The number of hydrogen-bond donors (Lipinski definition) is 1. The Hall–Kier alpha value is -0.940. The van der Waals surface area contributed by atoms with Crippen LogP contribution >= 0.6 is 0 Å². The van der Waals surface area contributed by atoms with Crippen LogP contribution < -0.4 is 5.32 Å². The lowest BCUT2D eigenvalue weighted by Crippen LogP contribution is -2.32. The molecular weight excluding hydrogens is 202 g/mol. The molecule has 2 aliphatic heterocycles. The molecule has 0 aliphatic carbocycles. The molecule has 88 valence electrons. The number of rotatable bonds is 2. The monoisotopic (exact) mass is 221 g/mol. The summed E-state index contributed by atoms with van der Waals surface area (Å²) in [6, 6.07) is 0.669. The van der Waals surface area contributed by atoms with Crippen molar-refractivity contribution in [1.82, 2.24) is 25.2 Å². The number of nitrogens with zero attached hydrogens (tertiary/aromatic N) is 4. The van der Waals surface area contributed by atoms with E-state index in [0.717, 1.165) is 24.1 Å². The van der Waals surface area contributed by atoms with Crippen LogP contribution in [0.4, 0.5) is 0 Å². The first-order valence-corrected chi connectivity index (χ1v) is 6.04. The summed E-state index contributed by atoms with van der Waals surface area (Å²) in [5.74, 6) is 1.67. The Kier molecular flexibility index (Phi) is 2.44. The van der Waals surface area contributed by atoms with E-state index in [9.17, 15) is 0 Å². The Labute approximate surface area is 95.8 Å². The van der Waals surface area contributed by atoms with Crippen molar-refractivity contribution in [3.8, 4) is 0 Å². The molecule has 1 aromatic heterocycles. The van der Waals surface area contributed by atoms with E-state index in [1.807, 2.05) is 13.2 Å². The molecule has 2 fully saturated rings. The molecule has 3 rings (SSSR count).